The molecule has 0 aliphatic carbocycles. The Morgan fingerprint density at radius 3 is 2.06 bits per heavy atom. The predicted octanol–water partition coefficient (Wildman–Crippen LogP) is 3.11. The summed E-state index contributed by atoms with van der Waals surface area (Å²) in [5, 5.41) is 11.3. The topological polar surface area (TPSA) is 37.8 Å². The second-order valence-corrected chi connectivity index (χ2v) is 4.33. The van der Waals surface area contributed by atoms with E-state index in [1.165, 1.54) is 22.3 Å². The van der Waals surface area contributed by atoms with Crippen molar-refractivity contribution in [2.75, 3.05) is 12.4 Å². The molecule has 0 bridgehead atoms. The second kappa shape index (κ2) is 4.53. The van der Waals surface area contributed by atoms with Crippen LogP contribution in [0.25, 0.3) is 11.3 Å². The summed E-state index contributed by atoms with van der Waals surface area (Å²) in [6, 6.07) is 8.30. The van der Waals surface area contributed by atoms with Crippen LogP contribution in [0.1, 0.15) is 16.7 Å². The Labute approximate surface area is 102 Å². The smallest absolute Gasteiger partial charge is 0.148 e. The van der Waals surface area contributed by atoms with E-state index in [4.69, 9.17) is 0 Å². The Morgan fingerprint density at radius 1 is 0.941 bits per heavy atom. The molecule has 0 aliphatic heterocycles. The van der Waals surface area contributed by atoms with Gasteiger partial charge in [0.15, 0.2) is 0 Å². The molecule has 2 rings (SSSR count). The molecule has 1 aromatic carbocycles. The third kappa shape index (κ3) is 2.28. The summed E-state index contributed by atoms with van der Waals surface area (Å²) < 4.78 is 0. The number of aromatic nitrogens is 2. The number of hydrogen-bond acceptors (Lipinski definition) is 3. The van der Waals surface area contributed by atoms with E-state index in [9.17, 15) is 0 Å². The highest BCUT2D eigenvalue weighted by molar-refractivity contribution is 5.68. The fourth-order valence-electron chi connectivity index (χ4n) is 2.18. The Bertz CT molecular complexity index is 507. The zero-order valence-electron chi connectivity index (χ0n) is 10.7. The molecule has 0 radical (unpaired) electrons. The Morgan fingerprint density at radius 2 is 1.59 bits per heavy atom. The van der Waals surface area contributed by atoms with Crippen molar-refractivity contribution in [2.45, 2.75) is 20.8 Å². The van der Waals surface area contributed by atoms with Crippen LogP contribution >= 0.6 is 0 Å². The average Bonchev–Trinajstić information content (AvgIpc) is 2.28. The fraction of sp³-hybridized carbons (Fsp3) is 0.286. The van der Waals surface area contributed by atoms with Crippen molar-refractivity contribution in [3.05, 3.63) is 41.0 Å². The van der Waals surface area contributed by atoms with Gasteiger partial charge in [-0.1, -0.05) is 17.7 Å². The molecule has 0 atom stereocenters. The second-order valence-electron chi connectivity index (χ2n) is 4.33. The van der Waals surface area contributed by atoms with E-state index in [1.807, 2.05) is 19.2 Å². The number of rotatable bonds is 2. The Kier molecular flexibility index (Phi) is 3.09. The number of hydrogen-bond donors (Lipinski definition) is 1. The molecule has 17 heavy (non-hydrogen) atoms. The first kappa shape index (κ1) is 11.6. The van der Waals surface area contributed by atoms with Gasteiger partial charge in [-0.05, 0) is 44.0 Å². The van der Waals surface area contributed by atoms with Crippen LogP contribution in [0.4, 0.5) is 5.82 Å². The average molecular weight is 227 g/mol. The molecule has 1 aromatic heterocycles. The number of nitrogens with one attached hydrogen (secondary N) is 1. The number of benzene rings is 1. The van der Waals surface area contributed by atoms with Crippen LogP contribution in [-0.2, 0) is 0 Å². The third-order valence-corrected chi connectivity index (χ3v) is 2.85. The molecule has 0 fully saturated rings. The summed E-state index contributed by atoms with van der Waals surface area (Å²) >= 11 is 0. The zero-order chi connectivity index (χ0) is 12.4. The van der Waals surface area contributed by atoms with E-state index in [0.717, 1.165) is 11.5 Å². The van der Waals surface area contributed by atoms with Gasteiger partial charge in [0, 0.05) is 12.6 Å². The third-order valence-electron chi connectivity index (χ3n) is 2.85. The van der Waals surface area contributed by atoms with Crippen molar-refractivity contribution >= 4 is 5.82 Å². The first-order valence-corrected chi connectivity index (χ1v) is 5.71. The molecule has 88 valence electrons. The summed E-state index contributed by atoms with van der Waals surface area (Å²) in [6.45, 7) is 6.34. The summed E-state index contributed by atoms with van der Waals surface area (Å²) in [4.78, 5) is 0. The Hall–Kier alpha value is -1.90. The maximum atomic E-state index is 4.26. The first-order valence-electron chi connectivity index (χ1n) is 5.71. The van der Waals surface area contributed by atoms with E-state index < -0.39 is 0 Å². The summed E-state index contributed by atoms with van der Waals surface area (Å²) in [7, 11) is 1.84. The van der Waals surface area contributed by atoms with Gasteiger partial charge < -0.3 is 5.32 Å². The summed E-state index contributed by atoms with van der Waals surface area (Å²) in [6.07, 6.45) is 0. The van der Waals surface area contributed by atoms with E-state index >= 15 is 0 Å². The molecular formula is C14H17N3. The van der Waals surface area contributed by atoms with Crippen LogP contribution < -0.4 is 5.32 Å². The van der Waals surface area contributed by atoms with Crippen LogP contribution in [0, 0.1) is 20.8 Å². The molecule has 2 aromatic rings. The van der Waals surface area contributed by atoms with Gasteiger partial charge in [-0.25, -0.2) is 0 Å². The molecule has 1 heterocycles. The van der Waals surface area contributed by atoms with Gasteiger partial charge in [0.05, 0.1) is 5.69 Å². The van der Waals surface area contributed by atoms with Gasteiger partial charge in [0.2, 0.25) is 0 Å². The highest BCUT2D eigenvalue weighted by atomic mass is 15.2. The molecule has 0 saturated heterocycles. The van der Waals surface area contributed by atoms with Crippen LogP contribution in [-0.4, -0.2) is 17.2 Å². The fourth-order valence-corrected chi connectivity index (χ4v) is 2.18. The lowest BCUT2D eigenvalue weighted by Gasteiger charge is -2.10. The van der Waals surface area contributed by atoms with Crippen molar-refractivity contribution in [1.29, 1.82) is 0 Å². The van der Waals surface area contributed by atoms with Crippen molar-refractivity contribution < 1.29 is 0 Å². The SMILES string of the molecule is CNc1ccc(-c2c(C)cc(C)cc2C)nn1. The van der Waals surface area contributed by atoms with E-state index in [0.29, 0.717) is 0 Å². The van der Waals surface area contributed by atoms with Crippen LogP contribution in [0.15, 0.2) is 24.3 Å². The van der Waals surface area contributed by atoms with Gasteiger partial charge in [-0.2, -0.15) is 0 Å². The molecular weight excluding hydrogens is 210 g/mol. The minimum Gasteiger partial charge on any atom is -0.372 e. The highest BCUT2D eigenvalue weighted by Crippen LogP contribution is 2.26. The number of anilines is 1. The lowest BCUT2D eigenvalue weighted by Crippen LogP contribution is -1.97. The van der Waals surface area contributed by atoms with Crippen molar-refractivity contribution in [1.82, 2.24) is 10.2 Å². The lowest BCUT2D eigenvalue weighted by molar-refractivity contribution is 1.03. The minimum atomic E-state index is 0.788. The first-order chi connectivity index (χ1) is 8.11. The van der Waals surface area contributed by atoms with E-state index in [2.05, 4.69) is 48.4 Å². The molecule has 0 saturated carbocycles. The van der Waals surface area contributed by atoms with Crippen molar-refractivity contribution in [2.24, 2.45) is 0 Å². The molecule has 0 aliphatic rings. The van der Waals surface area contributed by atoms with E-state index in [1.54, 1.807) is 0 Å². The van der Waals surface area contributed by atoms with Gasteiger partial charge in [-0.15, -0.1) is 10.2 Å². The maximum absolute atomic E-state index is 4.26. The quantitative estimate of drug-likeness (QED) is 0.856. The Balaban J connectivity index is 2.52. The molecule has 0 amide bonds. The summed E-state index contributed by atoms with van der Waals surface area (Å²) in [5.74, 6) is 0.788. The van der Waals surface area contributed by atoms with Crippen LogP contribution in [0.3, 0.4) is 0 Å². The van der Waals surface area contributed by atoms with Gasteiger partial charge in [0.25, 0.3) is 0 Å². The molecule has 1 N–H and O–H groups in total. The number of aryl methyl sites for hydroxylation is 3. The largest absolute Gasteiger partial charge is 0.372 e. The van der Waals surface area contributed by atoms with Gasteiger partial charge in [-0.3, -0.25) is 0 Å². The minimum absolute atomic E-state index is 0.788. The lowest BCUT2D eigenvalue weighted by atomic mass is 9.97. The van der Waals surface area contributed by atoms with E-state index in [-0.39, 0.29) is 0 Å². The predicted molar refractivity (Wildman–Crippen MR) is 71.2 cm³/mol. The molecule has 3 nitrogen and oxygen atoms in total. The maximum Gasteiger partial charge on any atom is 0.148 e. The van der Waals surface area contributed by atoms with Crippen molar-refractivity contribution in [3.8, 4) is 11.3 Å². The standard InChI is InChI=1S/C14H17N3/c1-9-7-10(2)14(11(3)8-9)12-5-6-13(15-4)17-16-12/h5-8H,1-4H3,(H,15,17). The highest BCUT2D eigenvalue weighted by Gasteiger charge is 2.08. The van der Waals surface area contributed by atoms with Gasteiger partial charge in [0.1, 0.15) is 5.82 Å². The van der Waals surface area contributed by atoms with Crippen LogP contribution in [0.2, 0.25) is 0 Å². The van der Waals surface area contributed by atoms with Crippen LogP contribution in [0.5, 0.6) is 0 Å². The zero-order valence-corrected chi connectivity index (χ0v) is 10.7. The number of nitrogens with zero attached hydrogens (tertiary/aromatic N) is 2. The molecule has 0 unspecified atom stereocenters. The normalized spacial score (nSPS) is 10.4. The summed E-state index contributed by atoms with van der Waals surface area (Å²) in [5.41, 5.74) is 5.89. The van der Waals surface area contributed by atoms with Crippen molar-refractivity contribution in [3.63, 3.8) is 0 Å². The molecule has 3 heteroatoms. The van der Waals surface area contributed by atoms with Gasteiger partial charge >= 0.3 is 0 Å². The monoisotopic (exact) mass is 227 g/mol. The molecule has 0 spiro atoms.